The summed E-state index contributed by atoms with van der Waals surface area (Å²) in [5.41, 5.74) is 2.01. The third-order valence-corrected chi connectivity index (χ3v) is 3.81. The molecule has 6 heteroatoms. The van der Waals surface area contributed by atoms with Crippen molar-refractivity contribution in [2.45, 2.75) is 6.54 Å². The van der Waals surface area contributed by atoms with Crippen LogP contribution in [0.5, 0.6) is 0 Å². The largest absolute Gasteiger partial charge is 0.507 e. The average molecular weight is 339 g/mol. The van der Waals surface area contributed by atoms with Gasteiger partial charge in [-0.05, 0) is 23.8 Å². The minimum atomic E-state index is -1.64. The van der Waals surface area contributed by atoms with Gasteiger partial charge in [-0.3, -0.25) is 4.79 Å². The number of benzene rings is 2. The van der Waals surface area contributed by atoms with Crippen LogP contribution in [0, 0.1) is 5.82 Å². The standard InChI is InChI=1S/C19H14FNO4/c20-13-7-5-12(6-8-13)10-21-11-15(14-3-1-2-4-16(14)21)17(22)9-18(23)19(24)25/h1-9,11,22H,10H2,(H,24,25)/b17-9-. The van der Waals surface area contributed by atoms with Gasteiger partial charge in [0.2, 0.25) is 0 Å². The highest BCUT2D eigenvalue weighted by Gasteiger charge is 2.15. The fraction of sp³-hybridized carbons (Fsp3) is 0.0526. The van der Waals surface area contributed by atoms with Crippen LogP contribution in [0.25, 0.3) is 16.7 Å². The molecule has 25 heavy (non-hydrogen) atoms. The van der Waals surface area contributed by atoms with Crippen LogP contribution in [0.3, 0.4) is 0 Å². The van der Waals surface area contributed by atoms with Crippen LogP contribution in [-0.2, 0) is 16.1 Å². The number of carboxylic acid groups (broad SMARTS) is 1. The van der Waals surface area contributed by atoms with Gasteiger partial charge in [0.05, 0.1) is 0 Å². The molecule has 126 valence electrons. The first-order valence-corrected chi connectivity index (χ1v) is 7.46. The van der Waals surface area contributed by atoms with Crippen molar-refractivity contribution in [1.82, 2.24) is 4.57 Å². The summed E-state index contributed by atoms with van der Waals surface area (Å²) >= 11 is 0. The van der Waals surface area contributed by atoms with E-state index in [1.54, 1.807) is 30.5 Å². The molecule has 0 radical (unpaired) electrons. The van der Waals surface area contributed by atoms with Crippen LogP contribution in [0.1, 0.15) is 11.1 Å². The Balaban J connectivity index is 2.05. The van der Waals surface area contributed by atoms with Crippen LogP contribution >= 0.6 is 0 Å². The number of carboxylic acids is 1. The number of halogens is 1. The Labute approximate surface area is 142 Å². The van der Waals surface area contributed by atoms with Crippen molar-refractivity contribution < 1.29 is 24.2 Å². The molecule has 1 aromatic heterocycles. The summed E-state index contributed by atoms with van der Waals surface area (Å²) in [6, 6.07) is 13.3. The van der Waals surface area contributed by atoms with Crippen LogP contribution in [-0.4, -0.2) is 26.5 Å². The van der Waals surface area contributed by atoms with Crippen molar-refractivity contribution in [3.05, 3.63) is 77.7 Å². The zero-order chi connectivity index (χ0) is 18.0. The number of para-hydroxylation sites is 1. The van der Waals surface area contributed by atoms with E-state index in [1.807, 2.05) is 16.7 Å². The van der Waals surface area contributed by atoms with Gasteiger partial charge in [-0.2, -0.15) is 0 Å². The number of fused-ring (bicyclic) bond motifs is 1. The van der Waals surface area contributed by atoms with Crippen LogP contribution < -0.4 is 0 Å². The van der Waals surface area contributed by atoms with Crippen molar-refractivity contribution in [1.29, 1.82) is 0 Å². The van der Waals surface area contributed by atoms with E-state index in [4.69, 9.17) is 5.11 Å². The summed E-state index contributed by atoms with van der Waals surface area (Å²) in [6.07, 6.45) is 2.32. The quantitative estimate of drug-likeness (QED) is 0.424. The number of aliphatic carboxylic acids is 1. The second-order valence-electron chi connectivity index (χ2n) is 5.51. The lowest BCUT2D eigenvalue weighted by molar-refractivity contribution is -0.146. The van der Waals surface area contributed by atoms with Gasteiger partial charge < -0.3 is 14.8 Å². The van der Waals surface area contributed by atoms with Gasteiger partial charge in [-0.25, -0.2) is 9.18 Å². The number of ketones is 1. The van der Waals surface area contributed by atoms with E-state index in [2.05, 4.69) is 0 Å². The highest BCUT2D eigenvalue weighted by atomic mass is 19.1. The fourth-order valence-corrected chi connectivity index (χ4v) is 2.63. The highest BCUT2D eigenvalue weighted by molar-refractivity contribution is 6.38. The number of nitrogens with zero attached hydrogens (tertiary/aromatic N) is 1. The maximum absolute atomic E-state index is 13.0. The topological polar surface area (TPSA) is 79.5 Å². The van der Waals surface area contributed by atoms with E-state index in [-0.39, 0.29) is 5.82 Å². The molecule has 3 aromatic rings. The molecule has 5 nitrogen and oxygen atoms in total. The van der Waals surface area contributed by atoms with Gasteiger partial charge in [0.15, 0.2) is 0 Å². The third kappa shape index (κ3) is 3.42. The van der Waals surface area contributed by atoms with Crippen molar-refractivity contribution in [2.24, 2.45) is 0 Å². The van der Waals surface area contributed by atoms with Crippen LogP contribution in [0.2, 0.25) is 0 Å². The van der Waals surface area contributed by atoms with Crippen molar-refractivity contribution in [3.63, 3.8) is 0 Å². The molecule has 2 N–H and O–H groups in total. The number of aromatic nitrogens is 1. The van der Waals surface area contributed by atoms with Crippen molar-refractivity contribution in [3.8, 4) is 0 Å². The number of carbonyl (C=O) groups excluding carboxylic acids is 1. The number of aliphatic hydroxyl groups is 1. The highest BCUT2D eigenvalue weighted by Crippen LogP contribution is 2.27. The molecule has 0 bridgehead atoms. The van der Waals surface area contributed by atoms with E-state index >= 15 is 0 Å². The van der Waals surface area contributed by atoms with E-state index in [9.17, 15) is 19.1 Å². The van der Waals surface area contributed by atoms with Gasteiger partial charge in [0.25, 0.3) is 5.78 Å². The maximum atomic E-state index is 13.0. The Morgan fingerprint density at radius 3 is 2.40 bits per heavy atom. The van der Waals surface area contributed by atoms with Gasteiger partial charge in [-0.15, -0.1) is 0 Å². The number of hydrogen-bond donors (Lipinski definition) is 2. The second kappa shape index (κ2) is 6.60. The fourth-order valence-electron chi connectivity index (χ4n) is 2.63. The predicted molar refractivity (Wildman–Crippen MR) is 90.7 cm³/mol. The molecule has 0 spiro atoms. The van der Waals surface area contributed by atoms with E-state index < -0.39 is 17.5 Å². The molecule has 0 fully saturated rings. The van der Waals surface area contributed by atoms with Crippen molar-refractivity contribution >= 4 is 28.4 Å². The molecule has 0 amide bonds. The molecule has 0 unspecified atom stereocenters. The van der Waals surface area contributed by atoms with E-state index in [0.29, 0.717) is 23.6 Å². The molecule has 0 saturated carbocycles. The number of hydrogen-bond acceptors (Lipinski definition) is 3. The summed E-state index contributed by atoms with van der Waals surface area (Å²) in [5, 5.41) is 19.5. The number of aliphatic hydroxyl groups excluding tert-OH is 1. The first-order valence-electron chi connectivity index (χ1n) is 7.46. The maximum Gasteiger partial charge on any atom is 0.376 e. The van der Waals surface area contributed by atoms with Gasteiger partial charge >= 0.3 is 5.97 Å². The minimum absolute atomic E-state index is 0.324. The summed E-state index contributed by atoms with van der Waals surface area (Å²) in [5.74, 6) is -3.58. The minimum Gasteiger partial charge on any atom is -0.507 e. The van der Waals surface area contributed by atoms with E-state index in [0.717, 1.165) is 11.1 Å². The Hall–Kier alpha value is -3.41. The molecule has 3 rings (SSSR count). The Morgan fingerprint density at radius 2 is 1.72 bits per heavy atom. The zero-order valence-electron chi connectivity index (χ0n) is 13.0. The average Bonchev–Trinajstić information content (AvgIpc) is 2.96. The number of rotatable bonds is 5. The van der Waals surface area contributed by atoms with Crippen LogP contribution in [0.15, 0.2) is 60.8 Å². The lowest BCUT2D eigenvalue weighted by atomic mass is 10.1. The monoisotopic (exact) mass is 339 g/mol. The first-order chi connectivity index (χ1) is 12.0. The van der Waals surface area contributed by atoms with Gasteiger partial charge in [0, 0.05) is 35.3 Å². The second-order valence-corrected chi connectivity index (χ2v) is 5.51. The first kappa shape index (κ1) is 16.4. The molecule has 0 atom stereocenters. The molecular weight excluding hydrogens is 325 g/mol. The van der Waals surface area contributed by atoms with Gasteiger partial charge in [0.1, 0.15) is 11.6 Å². The Bertz CT molecular complexity index is 986. The summed E-state index contributed by atoms with van der Waals surface area (Å²) in [7, 11) is 0. The third-order valence-electron chi connectivity index (χ3n) is 3.81. The Morgan fingerprint density at radius 1 is 1.04 bits per heavy atom. The molecular formula is C19H14FNO4. The van der Waals surface area contributed by atoms with E-state index in [1.165, 1.54) is 12.1 Å². The lowest BCUT2D eigenvalue weighted by Crippen LogP contribution is -2.09. The molecule has 0 saturated heterocycles. The number of carbonyl (C=O) groups is 2. The summed E-state index contributed by atoms with van der Waals surface area (Å²) in [4.78, 5) is 22.0. The smallest absolute Gasteiger partial charge is 0.376 e. The van der Waals surface area contributed by atoms with Crippen LogP contribution in [0.4, 0.5) is 4.39 Å². The molecule has 0 aliphatic heterocycles. The zero-order valence-corrected chi connectivity index (χ0v) is 13.0. The lowest BCUT2D eigenvalue weighted by Gasteiger charge is -2.05. The predicted octanol–water partition coefficient (Wildman–Crippen LogP) is 3.38. The van der Waals surface area contributed by atoms with Crippen molar-refractivity contribution in [2.75, 3.05) is 0 Å². The molecule has 0 aliphatic rings. The summed E-state index contributed by atoms with van der Waals surface area (Å²) in [6.45, 7) is 0.431. The summed E-state index contributed by atoms with van der Waals surface area (Å²) < 4.78 is 14.9. The molecule has 0 aliphatic carbocycles. The SMILES string of the molecule is O=C(O)C(=O)/C=C(\O)c1cn(Cc2ccc(F)cc2)c2ccccc12. The molecule has 1 heterocycles. The molecule has 2 aromatic carbocycles. The Kier molecular flexibility index (Phi) is 4.35. The normalized spacial score (nSPS) is 11.6. The van der Waals surface area contributed by atoms with Gasteiger partial charge in [-0.1, -0.05) is 30.3 Å².